The largest absolute Gasteiger partial charge is 0.289 e. The van der Waals surface area contributed by atoms with E-state index in [9.17, 15) is 9.59 Å². The van der Waals surface area contributed by atoms with E-state index >= 15 is 0 Å². The van der Waals surface area contributed by atoms with Crippen molar-refractivity contribution in [2.24, 2.45) is 0 Å². The van der Waals surface area contributed by atoms with Crippen LogP contribution in [-0.4, -0.2) is 11.6 Å². The maximum absolute atomic E-state index is 11.1. The highest BCUT2D eigenvalue weighted by atomic mass is 16.1. The van der Waals surface area contributed by atoms with Gasteiger partial charge in [0.15, 0.2) is 11.6 Å². The minimum absolute atomic E-state index is 0.0478. The molecule has 0 aliphatic heterocycles. The molecule has 0 amide bonds. The van der Waals surface area contributed by atoms with Crippen molar-refractivity contribution in [1.82, 2.24) is 0 Å². The summed E-state index contributed by atoms with van der Waals surface area (Å²) in [5.74, 6) is -0.0956. The van der Waals surface area contributed by atoms with Crippen LogP contribution in [0.2, 0.25) is 0 Å². The molecule has 0 aromatic carbocycles. The third-order valence-corrected chi connectivity index (χ3v) is 1.85. The fourth-order valence-corrected chi connectivity index (χ4v) is 1.31. The second-order valence-corrected chi connectivity index (χ2v) is 2.53. The summed E-state index contributed by atoms with van der Waals surface area (Å²) >= 11 is 0. The standard InChI is InChI=1S/C9H6O2/c10-8-4-5-9(11)7-3-1-2-6(7)8/h2-5H,1H2. The van der Waals surface area contributed by atoms with Gasteiger partial charge in [-0.3, -0.25) is 9.59 Å². The topological polar surface area (TPSA) is 34.1 Å². The third-order valence-electron chi connectivity index (χ3n) is 1.85. The van der Waals surface area contributed by atoms with E-state index in [1.54, 1.807) is 12.2 Å². The van der Waals surface area contributed by atoms with Crippen LogP contribution in [0.4, 0.5) is 0 Å². The second kappa shape index (κ2) is 2.02. The molecule has 11 heavy (non-hydrogen) atoms. The Balaban J connectivity index is 2.57. The first-order chi connectivity index (χ1) is 5.29. The van der Waals surface area contributed by atoms with Gasteiger partial charge in [-0.2, -0.15) is 0 Å². The molecule has 0 radical (unpaired) electrons. The summed E-state index contributed by atoms with van der Waals surface area (Å²) < 4.78 is 0. The van der Waals surface area contributed by atoms with Crippen LogP contribution in [0.1, 0.15) is 6.42 Å². The van der Waals surface area contributed by atoms with Crippen molar-refractivity contribution in [2.75, 3.05) is 0 Å². The van der Waals surface area contributed by atoms with Gasteiger partial charge < -0.3 is 0 Å². The molecule has 54 valence electrons. The molecule has 0 fully saturated rings. The minimum Gasteiger partial charge on any atom is -0.289 e. The quantitative estimate of drug-likeness (QED) is 0.510. The van der Waals surface area contributed by atoms with Gasteiger partial charge in [-0.25, -0.2) is 0 Å². The monoisotopic (exact) mass is 146 g/mol. The van der Waals surface area contributed by atoms with Gasteiger partial charge in [-0.1, -0.05) is 12.2 Å². The van der Waals surface area contributed by atoms with Crippen molar-refractivity contribution in [3.8, 4) is 0 Å². The maximum atomic E-state index is 11.1. The van der Waals surface area contributed by atoms with Gasteiger partial charge >= 0.3 is 0 Å². The lowest BCUT2D eigenvalue weighted by Gasteiger charge is -2.05. The molecule has 2 nitrogen and oxygen atoms in total. The smallest absolute Gasteiger partial charge is 0.186 e. The molecule has 0 saturated heterocycles. The lowest BCUT2D eigenvalue weighted by molar-refractivity contribution is -0.115. The van der Waals surface area contributed by atoms with Gasteiger partial charge in [0.25, 0.3) is 0 Å². The predicted molar refractivity (Wildman–Crippen MR) is 39.9 cm³/mol. The second-order valence-electron chi connectivity index (χ2n) is 2.53. The number of carbonyl (C=O) groups is 2. The van der Waals surface area contributed by atoms with Gasteiger partial charge in [0.1, 0.15) is 0 Å². The average molecular weight is 146 g/mol. The molecule has 0 spiro atoms. The molecule has 2 heteroatoms. The lowest BCUT2D eigenvalue weighted by atomic mass is 9.96. The van der Waals surface area contributed by atoms with Crippen LogP contribution in [0.3, 0.4) is 0 Å². The molecule has 2 aliphatic carbocycles. The summed E-state index contributed by atoms with van der Waals surface area (Å²) in [6, 6.07) is 0. The van der Waals surface area contributed by atoms with E-state index in [2.05, 4.69) is 0 Å². The molecule has 2 rings (SSSR count). The highest BCUT2D eigenvalue weighted by Crippen LogP contribution is 2.24. The van der Waals surface area contributed by atoms with Crippen molar-refractivity contribution in [3.05, 3.63) is 35.5 Å². The van der Waals surface area contributed by atoms with E-state index in [0.29, 0.717) is 17.6 Å². The molecular formula is C9H6O2. The first-order valence-electron chi connectivity index (χ1n) is 3.46. The van der Waals surface area contributed by atoms with Gasteiger partial charge in [-0.15, -0.1) is 0 Å². The average Bonchev–Trinajstić information content (AvgIpc) is 2.45. The summed E-state index contributed by atoms with van der Waals surface area (Å²) in [5.41, 5.74) is 1.16. The first kappa shape index (κ1) is 6.28. The summed E-state index contributed by atoms with van der Waals surface area (Å²) in [6.45, 7) is 0. The predicted octanol–water partition coefficient (Wildman–Crippen LogP) is 0.951. The summed E-state index contributed by atoms with van der Waals surface area (Å²) in [6.07, 6.45) is 6.95. The number of allylic oxidation sites excluding steroid dienone is 6. The number of fused-ring (bicyclic) bond motifs is 1. The van der Waals surface area contributed by atoms with Crippen molar-refractivity contribution in [2.45, 2.75) is 6.42 Å². The van der Waals surface area contributed by atoms with Crippen LogP contribution in [0, 0.1) is 0 Å². The number of rotatable bonds is 0. The highest BCUT2D eigenvalue weighted by Gasteiger charge is 2.23. The minimum atomic E-state index is -0.0478. The van der Waals surface area contributed by atoms with E-state index < -0.39 is 0 Å². The lowest BCUT2D eigenvalue weighted by Crippen LogP contribution is -2.12. The normalized spacial score (nSPS) is 21.5. The third kappa shape index (κ3) is 0.792. The van der Waals surface area contributed by atoms with Crippen LogP contribution in [-0.2, 0) is 9.59 Å². The van der Waals surface area contributed by atoms with Gasteiger partial charge in [0, 0.05) is 11.1 Å². The van der Waals surface area contributed by atoms with Gasteiger partial charge in [0.05, 0.1) is 0 Å². The molecule has 0 heterocycles. The van der Waals surface area contributed by atoms with Crippen LogP contribution in [0.5, 0.6) is 0 Å². The van der Waals surface area contributed by atoms with E-state index in [1.165, 1.54) is 12.2 Å². The van der Waals surface area contributed by atoms with E-state index in [1.807, 2.05) is 0 Å². The van der Waals surface area contributed by atoms with Crippen LogP contribution >= 0.6 is 0 Å². The fourth-order valence-electron chi connectivity index (χ4n) is 1.31. The Bertz CT molecular complexity index is 297. The molecule has 0 N–H and O–H groups in total. The summed E-state index contributed by atoms with van der Waals surface area (Å²) in [5, 5.41) is 0. The number of carbonyl (C=O) groups excluding carboxylic acids is 2. The molecule has 2 aliphatic rings. The number of hydrogen-bond donors (Lipinski definition) is 0. The van der Waals surface area contributed by atoms with E-state index in [4.69, 9.17) is 0 Å². The molecule has 0 bridgehead atoms. The van der Waals surface area contributed by atoms with Crippen LogP contribution < -0.4 is 0 Å². The van der Waals surface area contributed by atoms with Gasteiger partial charge in [0.2, 0.25) is 0 Å². The SMILES string of the molecule is O=C1C=CC(=O)C2=CCC=C12. The highest BCUT2D eigenvalue weighted by molar-refractivity contribution is 6.25. The Kier molecular flexibility index (Phi) is 1.15. The molecule has 0 aromatic rings. The molecular weight excluding hydrogens is 140 g/mol. The van der Waals surface area contributed by atoms with Crippen molar-refractivity contribution in [1.29, 1.82) is 0 Å². The summed E-state index contributed by atoms with van der Waals surface area (Å²) in [7, 11) is 0. The zero-order valence-electron chi connectivity index (χ0n) is 5.83. The van der Waals surface area contributed by atoms with Crippen molar-refractivity contribution < 1.29 is 9.59 Å². The number of hydrogen-bond acceptors (Lipinski definition) is 2. The zero-order valence-corrected chi connectivity index (χ0v) is 5.83. The number of ketones is 2. The summed E-state index contributed by atoms with van der Waals surface area (Å²) in [4.78, 5) is 22.1. The zero-order chi connectivity index (χ0) is 7.84. The Morgan fingerprint density at radius 3 is 1.82 bits per heavy atom. The van der Waals surface area contributed by atoms with Crippen molar-refractivity contribution in [3.63, 3.8) is 0 Å². The molecule has 0 saturated carbocycles. The molecule has 0 atom stereocenters. The van der Waals surface area contributed by atoms with E-state index in [-0.39, 0.29) is 11.6 Å². The van der Waals surface area contributed by atoms with Crippen molar-refractivity contribution >= 4 is 11.6 Å². The Morgan fingerprint density at radius 2 is 1.36 bits per heavy atom. The Morgan fingerprint density at radius 1 is 0.909 bits per heavy atom. The van der Waals surface area contributed by atoms with Crippen LogP contribution in [0.15, 0.2) is 35.5 Å². The fraction of sp³-hybridized carbons (Fsp3) is 0.111. The van der Waals surface area contributed by atoms with Crippen LogP contribution in [0.25, 0.3) is 0 Å². The molecule has 0 unspecified atom stereocenters. The maximum Gasteiger partial charge on any atom is 0.186 e. The Labute approximate surface area is 63.9 Å². The molecule has 0 aromatic heterocycles. The first-order valence-corrected chi connectivity index (χ1v) is 3.46. The van der Waals surface area contributed by atoms with E-state index in [0.717, 1.165) is 0 Å². The Hall–Kier alpha value is -1.44. The van der Waals surface area contributed by atoms with Gasteiger partial charge in [-0.05, 0) is 18.6 Å².